The van der Waals surface area contributed by atoms with Gasteiger partial charge < -0.3 is 15.0 Å². The highest BCUT2D eigenvalue weighted by atomic mass is 16.7. The molecule has 2 bridgehead atoms. The van der Waals surface area contributed by atoms with Gasteiger partial charge in [0.2, 0.25) is 0 Å². The Morgan fingerprint density at radius 2 is 2.06 bits per heavy atom. The first-order valence-corrected chi connectivity index (χ1v) is 7.48. The molecule has 1 aliphatic heterocycles. The zero-order valence-electron chi connectivity index (χ0n) is 12.1. The summed E-state index contributed by atoms with van der Waals surface area (Å²) in [6.45, 7) is 9.17. The molecule has 4 fully saturated rings. The van der Waals surface area contributed by atoms with E-state index in [1.807, 2.05) is 0 Å². The minimum atomic E-state index is -0.185. The third-order valence-electron chi connectivity index (χ3n) is 5.94. The normalized spacial score (nSPS) is 46.5. The van der Waals surface area contributed by atoms with Crippen LogP contribution in [-0.4, -0.2) is 24.8 Å². The van der Waals surface area contributed by atoms with Gasteiger partial charge in [0.25, 0.3) is 0 Å². The van der Waals surface area contributed by atoms with Gasteiger partial charge in [0, 0.05) is 5.94 Å². The molecular formula is C14H26BNO2. The van der Waals surface area contributed by atoms with E-state index in [4.69, 9.17) is 15.0 Å². The van der Waals surface area contributed by atoms with Crippen LogP contribution in [0.3, 0.4) is 0 Å². The molecule has 1 unspecified atom stereocenters. The van der Waals surface area contributed by atoms with Gasteiger partial charge in [-0.05, 0) is 43.4 Å². The maximum absolute atomic E-state index is 6.31. The molecule has 1 saturated heterocycles. The fourth-order valence-electron chi connectivity index (χ4n) is 4.55. The predicted octanol–water partition coefficient (Wildman–Crippen LogP) is 2.38. The Kier molecular flexibility index (Phi) is 2.86. The van der Waals surface area contributed by atoms with Crippen molar-refractivity contribution in [1.82, 2.24) is 0 Å². The fourth-order valence-corrected chi connectivity index (χ4v) is 4.55. The first-order chi connectivity index (χ1) is 8.39. The van der Waals surface area contributed by atoms with E-state index < -0.39 is 0 Å². The maximum atomic E-state index is 6.31. The highest BCUT2D eigenvalue weighted by molar-refractivity contribution is 6.47. The molecule has 102 valence electrons. The second-order valence-corrected chi connectivity index (χ2v) is 7.29. The largest absolute Gasteiger partial charge is 0.475 e. The van der Waals surface area contributed by atoms with E-state index >= 15 is 0 Å². The van der Waals surface area contributed by atoms with Crippen molar-refractivity contribution in [2.24, 2.45) is 23.0 Å². The Labute approximate surface area is 111 Å². The number of rotatable bonds is 3. The van der Waals surface area contributed by atoms with Crippen LogP contribution in [0.1, 0.15) is 53.4 Å². The minimum Gasteiger partial charge on any atom is -0.404 e. The average Bonchev–Trinajstić information content (AvgIpc) is 2.65. The SMILES string of the molecule is CCCC(N)B1O[C@@H]2C[C@@H]3C[C@@H](C3(C)C)[C@]2(C)O1. The topological polar surface area (TPSA) is 44.5 Å². The van der Waals surface area contributed by atoms with E-state index in [9.17, 15) is 0 Å². The molecule has 0 aromatic rings. The molecule has 0 aromatic carbocycles. The zero-order valence-corrected chi connectivity index (χ0v) is 12.1. The summed E-state index contributed by atoms with van der Waals surface area (Å²) in [6, 6.07) is 0. The van der Waals surface area contributed by atoms with E-state index in [-0.39, 0.29) is 24.8 Å². The highest BCUT2D eigenvalue weighted by Crippen LogP contribution is 2.65. The number of hydrogen-bond acceptors (Lipinski definition) is 3. The van der Waals surface area contributed by atoms with Gasteiger partial charge in [-0.25, -0.2) is 0 Å². The van der Waals surface area contributed by atoms with Gasteiger partial charge in [-0.15, -0.1) is 0 Å². The van der Waals surface area contributed by atoms with Gasteiger partial charge >= 0.3 is 7.12 Å². The van der Waals surface area contributed by atoms with Crippen LogP contribution in [-0.2, 0) is 9.31 Å². The van der Waals surface area contributed by atoms with Crippen LogP contribution in [0, 0.1) is 17.3 Å². The lowest BCUT2D eigenvalue weighted by Crippen LogP contribution is -2.65. The number of hydrogen-bond donors (Lipinski definition) is 1. The van der Waals surface area contributed by atoms with Crippen LogP contribution >= 0.6 is 0 Å². The van der Waals surface area contributed by atoms with Crippen LogP contribution in [0.4, 0.5) is 0 Å². The van der Waals surface area contributed by atoms with Crippen molar-refractivity contribution in [2.75, 3.05) is 0 Å². The quantitative estimate of drug-likeness (QED) is 0.783. The van der Waals surface area contributed by atoms with E-state index in [1.54, 1.807) is 0 Å². The third kappa shape index (κ3) is 1.55. The molecule has 4 heteroatoms. The van der Waals surface area contributed by atoms with E-state index in [1.165, 1.54) is 6.42 Å². The maximum Gasteiger partial charge on any atom is 0.475 e. The molecule has 3 nitrogen and oxygen atoms in total. The Balaban J connectivity index is 1.76. The first-order valence-electron chi connectivity index (χ1n) is 7.48. The second kappa shape index (κ2) is 3.97. The van der Waals surface area contributed by atoms with Crippen LogP contribution in [0.2, 0.25) is 0 Å². The average molecular weight is 251 g/mol. The molecule has 3 saturated carbocycles. The van der Waals surface area contributed by atoms with Crippen LogP contribution in [0.15, 0.2) is 0 Å². The lowest BCUT2D eigenvalue weighted by molar-refractivity contribution is -0.199. The summed E-state index contributed by atoms with van der Waals surface area (Å²) >= 11 is 0. The van der Waals surface area contributed by atoms with Gasteiger partial charge in [-0.1, -0.05) is 27.2 Å². The molecule has 0 aromatic heterocycles. The van der Waals surface area contributed by atoms with E-state index in [0.717, 1.165) is 25.2 Å². The summed E-state index contributed by atoms with van der Waals surface area (Å²) in [5, 5.41) is 0. The predicted molar refractivity (Wildman–Crippen MR) is 73.0 cm³/mol. The highest BCUT2D eigenvalue weighted by Gasteiger charge is 2.68. The van der Waals surface area contributed by atoms with E-state index in [0.29, 0.717) is 11.3 Å². The smallest absolute Gasteiger partial charge is 0.404 e. The third-order valence-corrected chi connectivity index (χ3v) is 5.94. The molecule has 0 radical (unpaired) electrons. The molecule has 18 heavy (non-hydrogen) atoms. The summed E-state index contributed by atoms with van der Waals surface area (Å²) in [7, 11) is -0.185. The van der Waals surface area contributed by atoms with Crippen molar-refractivity contribution >= 4 is 7.12 Å². The molecule has 4 aliphatic rings. The molecular weight excluding hydrogens is 225 g/mol. The molecule has 5 atom stereocenters. The molecule has 0 amide bonds. The van der Waals surface area contributed by atoms with E-state index in [2.05, 4.69) is 27.7 Å². The Bertz CT molecular complexity index is 349. The molecule has 2 N–H and O–H groups in total. The number of nitrogens with two attached hydrogens (primary N) is 1. The molecule has 0 spiro atoms. The molecule has 4 rings (SSSR count). The first kappa shape index (κ1) is 13.0. The van der Waals surface area contributed by atoms with Crippen LogP contribution < -0.4 is 5.73 Å². The summed E-state index contributed by atoms with van der Waals surface area (Å²) in [5.41, 5.74) is 6.49. The van der Waals surface area contributed by atoms with Crippen LogP contribution in [0.5, 0.6) is 0 Å². The van der Waals surface area contributed by atoms with Crippen molar-refractivity contribution in [3.63, 3.8) is 0 Å². The van der Waals surface area contributed by atoms with Crippen molar-refractivity contribution < 1.29 is 9.31 Å². The summed E-state index contributed by atoms with van der Waals surface area (Å²) in [5.74, 6) is 1.47. The van der Waals surface area contributed by atoms with Crippen molar-refractivity contribution in [1.29, 1.82) is 0 Å². The summed E-state index contributed by atoms with van der Waals surface area (Å²) in [6.07, 6.45) is 4.78. The van der Waals surface area contributed by atoms with Crippen molar-refractivity contribution in [2.45, 2.75) is 71.0 Å². The fraction of sp³-hybridized carbons (Fsp3) is 1.00. The van der Waals surface area contributed by atoms with Gasteiger partial charge in [0.05, 0.1) is 11.7 Å². The summed E-state index contributed by atoms with van der Waals surface area (Å²) < 4.78 is 12.4. The lowest BCUT2D eigenvalue weighted by Gasteiger charge is -2.64. The van der Waals surface area contributed by atoms with Crippen molar-refractivity contribution in [3.8, 4) is 0 Å². The molecule has 3 aliphatic carbocycles. The summed E-state index contributed by atoms with van der Waals surface area (Å²) in [4.78, 5) is 0. The van der Waals surface area contributed by atoms with Gasteiger partial charge in [0.1, 0.15) is 0 Å². The Morgan fingerprint density at radius 1 is 1.33 bits per heavy atom. The van der Waals surface area contributed by atoms with Crippen LogP contribution in [0.25, 0.3) is 0 Å². The monoisotopic (exact) mass is 251 g/mol. The van der Waals surface area contributed by atoms with Gasteiger partial charge in [-0.3, -0.25) is 0 Å². The van der Waals surface area contributed by atoms with Crippen molar-refractivity contribution in [3.05, 3.63) is 0 Å². The Hall–Kier alpha value is -0.0551. The lowest BCUT2D eigenvalue weighted by atomic mass is 9.43. The standard InChI is InChI=1S/C14H26BNO2/c1-5-6-12(16)15-17-11-8-9-7-10(13(9,2)3)14(11,4)18-15/h9-12H,5-8,16H2,1-4H3/t9-,10-,11+,12?,14-/m0/s1. The molecule has 1 heterocycles. The zero-order chi connectivity index (χ0) is 13.1. The Morgan fingerprint density at radius 3 is 2.67 bits per heavy atom. The minimum absolute atomic E-state index is 0.0257. The van der Waals surface area contributed by atoms with Gasteiger partial charge in [0.15, 0.2) is 0 Å². The second-order valence-electron chi connectivity index (χ2n) is 7.29. The van der Waals surface area contributed by atoms with Gasteiger partial charge in [-0.2, -0.15) is 0 Å².